The Morgan fingerprint density at radius 1 is 1.32 bits per heavy atom. The summed E-state index contributed by atoms with van der Waals surface area (Å²) in [5.74, 6) is -1.20. The molecule has 1 aliphatic heterocycles. The first-order valence-corrected chi connectivity index (χ1v) is 7.26. The second kappa shape index (κ2) is 6.02. The van der Waals surface area contributed by atoms with Gasteiger partial charge in [-0.15, -0.1) is 0 Å². The molecule has 0 aliphatic carbocycles. The van der Waals surface area contributed by atoms with Gasteiger partial charge >= 0.3 is 6.18 Å². The number of halogens is 5. The molecule has 1 atom stereocenters. The zero-order valence-corrected chi connectivity index (χ0v) is 12.5. The molecule has 1 aliphatic rings. The van der Waals surface area contributed by atoms with Crippen molar-refractivity contribution in [2.24, 2.45) is 5.92 Å². The van der Waals surface area contributed by atoms with Gasteiger partial charge in [-0.2, -0.15) is 13.2 Å². The first-order chi connectivity index (χ1) is 8.84. The van der Waals surface area contributed by atoms with E-state index in [-0.39, 0.29) is 13.0 Å². The molecule has 1 aromatic rings. The fourth-order valence-corrected chi connectivity index (χ4v) is 3.36. The van der Waals surface area contributed by atoms with Crippen LogP contribution in [0.2, 0.25) is 5.02 Å². The maximum Gasteiger partial charge on any atom is 0.393 e. The smallest absolute Gasteiger partial charge is 0.298 e. The Morgan fingerprint density at radius 3 is 2.68 bits per heavy atom. The summed E-state index contributed by atoms with van der Waals surface area (Å²) in [4.78, 5) is 1.85. The first kappa shape index (κ1) is 15.1. The minimum absolute atomic E-state index is 0.0770. The third-order valence-corrected chi connectivity index (χ3v) is 3.97. The van der Waals surface area contributed by atoms with Gasteiger partial charge in [0.2, 0.25) is 0 Å². The summed E-state index contributed by atoms with van der Waals surface area (Å²) in [5.41, 5.74) is 0.933. The zero-order valence-electron chi connectivity index (χ0n) is 10.2. The Labute approximate surface area is 123 Å². The molecule has 1 saturated heterocycles. The average Bonchev–Trinajstić information content (AvgIpc) is 2.26. The monoisotopic (exact) mass is 355 g/mol. The molecule has 0 amide bonds. The van der Waals surface area contributed by atoms with E-state index in [0.29, 0.717) is 24.5 Å². The van der Waals surface area contributed by atoms with Crippen LogP contribution in [0, 0.1) is 5.92 Å². The van der Waals surface area contributed by atoms with Crippen LogP contribution < -0.4 is 0 Å². The molecule has 106 valence electrons. The summed E-state index contributed by atoms with van der Waals surface area (Å²) in [6.07, 6.45) is -3.27. The second-order valence-corrected chi connectivity index (χ2v) is 6.25. The Bertz CT molecular complexity index is 430. The highest BCUT2D eigenvalue weighted by Gasteiger charge is 2.41. The summed E-state index contributed by atoms with van der Waals surface area (Å²) < 4.78 is 39.0. The largest absolute Gasteiger partial charge is 0.393 e. The van der Waals surface area contributed by atoms with E-state index in [1.807, 2.05) is 11.0 Å². The van der Waals surface area contributed by atoms with E-state index in [4.69, 9.17) is 11.6 Å². The molecular formula is C13H14BrClF3N. The molecule has 1 heterocycles. The normalized spacial score (nSPS) is 21.6. The zero-order chi connectivity index (χ0) is 14.0. The minimum atomic E-state index is -4.09. The highest BCUT2D eigenvalue weighted by molar-refractivity contribution is 9.10. The molecule has 0 N–H and O–H groups in total. The van der Waals surface area contributed by atoms with Crippen LogP contribution in [-0.4, -0.2) is 24.2 Å². The lowest BCUT2D eigenvalue weighted by atomic mass is 9.97. The van der Waals surface area contributed by atoms with Gasteiger partial charge in [0.25, 0.3) is 0 Å². The van der Waals surface area contributed by atoms with Crippen LogP contribution in [0.5, 0.6) is 0 Å². The molecule has 1 unspecified atom stereocenters. The molecule has 1 fully saturated rings. The van der Waals surface area contributed by atoms with Gasteiger partial charge in [0.05, 0.1) is 5.92 Å². The lowest BCUT2D eigenvalue weighted by molar-refractivity contribution is -0.187. The molecule has 0 radical (unpaired) electrons. The summed E-state index contributed by atoms with van der Waals surface area (Å²) in [7, 11) is 0. The summed E-state index contributed by atoms with van der Waals surface area (Å²) in [5, 5.41) is 0.591. The lowest BCUT2D eigenvalue weighted by Gasteiger charge is -2.33. The van der Waals surface area contributed by atoms with Gasteiger partial charge < -0.3 is 0 Å². The van der Waals surface area contributed by atoms with Crippen molar-refractivity contribution in [2.75, 3.05) is 13.1 Å². The molecule has 0 aromatic heterocycles. The lowest BCUT2D eigenvalue weighted by Crippen LogP contribution is -2.41. The summed E-state index contributed by atoms with van der Waals surface area (Å²) >= 11 is 9.28. The molecule has 19 heavy (non-hydrogen) atoms. The van der Waals surface area contributed by atoms with Crippen LogP contribution in [-0.2, 0) is 6.54 Å². The topological polar surface area (TPSA) is 3.24 Å². The summed E-state index contributed by atoms with van der Waals surface area (Å²) in [6.45, 7) is 1.29. The Morgan fingerprint density at radius 2 is 2.05 bits per heavy atom. The van der Waals surface area contributed by atoms with Crippen LogP contribution >= 0.6 is 27.5 Å². The Hall–Kier alpha value is -0.260. The Kier molecular flexibility index (Phi) is 4.79. The fraction of sp³-hybridized carbons (Fsp3) is 0.538. The number of rotatable bonds is 2. The average molecular weight is 357 g/mol. The van der Waals surface area contributed by atoms with Crippen molar-refractivity contribution in [3.8, 4) is 0 Å². The fourth-order valence-electron chi connectivity index (χ4n) is 2.43. The third kappa shape index (κ3) is 4.36. The molecule has 0 bridgehead atoms. The van der Waals surface area contributed by atoms with Gasteiger partial charge in [0, 0.05) is 22.6 Å². The number of likely N-dealkylation sites (tertiary alicyclic amines) is 1. The standard InChI is InChI=1S/C13H14BrClF3N/c14-11-4-9(5-12(15)6-11)7-19-3-1-2-10(8-19)13(16,17)18/h4-6,10H,1-3,7-8H2. The van der Waals surface area contributed by atoms with Crippen molar-refractivity contribution < 1.29 is 13.2 Å². The first-order valence-electron chi connectivity index (χ1n) is 6.08. The van der Waals surface area contributed by atoms with E-state index in [2.05, 4.69) is 15.9 Å². The summed E-state index contributed by atoms with van der Waals surface area (Å²) in [6, 6.07) is 5.45. The molecular weight excluding hydrogens is 343 g/mol. The van der Waals surface area contributed by atoms with E-state index in [0.717, 1.165) is 10.0 Å². The van der Waals surface area contributed by atoms with Crippen molar-refractivity contribution in [3.63, 3.8) is 0 Å². The number of hydrogen-bond acceptors (Lipinski definition) is 1. The number of alkyl halides is 3. The number of nitrogens with zero attached hydrogens (tertiary/aromatic N) is 1. The number of hydrogen-bond donors (Lipinski definition) is 0. The van der Waals surface area contributed by atoms with Gasteiger partial charge in [-0.1, -0.05) is 27.5 Å². The van der Waals surface area contributed by atoms with Gasteiger partial charge in [-0.05, 0) is 43.1 Å². The van der Waals surface area contributed by atoms with Crippen molar-refractivity contribution in [2.45, 2.75) is 25.6 Å². The van der Waals surface area contributed by atoms with Gasteiger partial charge in [-0.3, -0.25) is 4.90 Å². The van der Waals surface area contributed by atoms with Gasteiger partial charge in [0.15, 0.2) is 0 Å². The molecule has 0 saturated carbocycles. The highest BCUT2D eigenvalue weighted by Crippen LogP contribution is 2.33. The third-order valence-electron chi connectivity index (χ3n) is 3.30. The van der Waals surface area contributed by atoms with Gasteiger partial charge in [-0.25, -0.2) is 0 Å². The van der Waals surface area contributed by atoms with Crippen molar-refractivity contribution in [1.82, 2.24) is 4.90 Å². The minimum Gasteiger partial charge on any atom is -0.298 e. The van der Waals surface area contributed by atoms with Crippen molar-refractivity contribution >= 4 is 27.5 Å². The van der Waals surface area contributed by atoms with E-state index >= 15 is 0 Å². The van der Waals surface area contributed by atoms with E-state index in [1.54, 1.807) is 12.1 Å². The van der Waals surface area contributed by atoms with Crippen LogP contribution in [0.4, 0.5) is 13.2 Å². The number of piperidine rings is 1. The van der Waals surface area contributed by atoms with Crippen LogP contribution in [0.15, 0.2) is 22.7 Å². The van der Waals surface area contributed by atoms with Crippen molar-refractivity contribution in [3.05, 3.63) is 33.3 Å². The quantitative estimate of drug-likeness (QED) is 0.730. The van der Waals surface area contributed by atoms with Crippen LogP contribution in [0.25, 0.3) is 0 Å². The predicted molar refractivity (Wildman–Crippen MR) is 73.2 cm³/mol. The maximum atomic E-state index is 12.7. The molecule has 1 aromatic carbocycles. The molecule has 2 rings (SSSR count). The van der Waals surface area contributed by atoms with Crippen molar-refractivity contribution in [1.29, 1.82) is 0 Å². The second-order valence-electron chi connectivity index (χ2n) is 4.89. The highest BCUT2D eigenvalue weighted by atomic mass is 79.9. The Balaban J connectivity index is 2.02. The maximum absolute atomic E-state index is 12.7. The molecule has 6 heteroatoms. The predicted octanol–water partition coefficient (Wildman–Crippen LogP) is 4.88. The SMILES string of the molecule is FC(F)(F)C1CCCN(Cc2cc(Cl)cc(Br)c2)C1. The van der Waals surface area contributed by atoms with E-state index in [1.165, 1.54) is 0 Å². The van der Waals surface area contributed by atoms with E-state index in [9.17, 15) is 13.2 Å². The van der Waals surface area contributed by atoms with Crippen LogP contribution in [0.3, 0.4) is 0 Å². The number of benzene rings is 1. The van der Waals surface area contributed by atoms with Gasteiger partial charge in [0.1, 0.15) is 0 Å². The van der Waals surface area contributed by atoms with Crippen LogP contribution in [0.1, 0.15) is 18.4 Å². The molecule has 1 nitrogen and oxygen atoms in total. The van der Waals surface area contributed by atoms with E-state index < -0.39 is 12.1 Å². The molecule has 0 spiro atoms.